The molecule has 0 unspecified atom stereocenters. The lowest BCUT2D eigenvalue weighted by Gasteiger charge is -2.34. The Kier molecular flexibility index (Phi) is 6.14. The van der Waals surface area contributed by atoms with E-state index in [1.807, 2.05) is 39.8 Å². The zero-order valence-electron chi connectivity index (χ0n) is 15.6. The van der Waals surface area contributed by atoms with E-state index in [9.17, 15) is 4.79 Å². The molecule has 0 aromatic heterocycles. The van der Waals surface area contributed by atoms with Crippen molar-refractivity contribution in [2.45, 2.75) is 73.5 Å². The van der Waals surface area contributed by atoms with Crippen LogP contribution in [0.15, 0.2) is 12.1 Å². The van der Waals surface area contributed by atoms with Gasteiger partial charge in [0.1, 0.15) is 5.75 Å². The lowest BCUT2D eigenvalue weighted by atomic mass is 9.81. The van der Waals surface area contributed by atoms with E-state index < -0.39 is 6.10 Å². The number of carbonyl (C=O) groups is 1. The van der Waals surface area contributed by atoms with Crippen molar-refractivity contribution in [3.63, 3.8) is 0 Å². The third-order valence-electron chi connectivity index (χ3n) is 3.53. The summed E-state index contributed by atoms with van der Waals surface area (Å²) in [5.41, 5.74) is 1.76. The molecule has 23 heavy (non-hydrogen) atoms. The van der Waals surface area contributed by atoms with Gasteiger partial charge in [0.15, 0.2) is 6.10 Å². The summed E-state index contributed by atoms with van der Waals surface area (Å²) in [5.74, 6) is 0.560. The molecule has 4 heteroatoms. The molecule has 0 aliphatic carbocycles. The number of ether oxygens (including phenoxy) is 1. The summed E-state index contributed by atoms with van der Waals surface area (Å²) in [6, 6.07) is 3.72. The molecule has 0 bridgehead atoms. The third kappa shape index (κ3) is 6.42. The second-order valence-corrected chi connectivity index (χ2v) is 8.62. The Hall–Kier alpha value is -1.22. The molecule has 0 spiro atoms. The molecule has 0 fully saturated rings. The van der Waals surface area contributed by atoms with E-state index in [-0.39, 0.29) is 16.9 Å². The van der Waals surface area contributed by atoms with Gasteiger partial charge in [0.05, 0.1) is 0 Å². The SMILES string of the molecule is Cc1cc(O[C@H](C)C(=O)NC(C)(C)CC(C)(C)C)cc(C)c1Cl. The van der Waals surface area contributed by atoms with Crippen molar-refractivity contribution in [2.24, 2.45) is 5.41 Å². The number of amides is 1. The van der Waals surface area contributed by atoms with E-state index in [4.69, 9.17) is 16.3 Å². The minimum absolute atomic E-state index is 0.107. The van der Waals surface area contributed by atoms with Crippen molar-refractivity contribution in [3.05, 3.63) is 28.3 Å². The van der Waals surface area contributed by atoms with Crippen LogP contribution < -0.4 is 10.1 Å². The van der Waals surface area contributed by atoms with Crippen LogP contribution in [0, 0.1) is 19.3 Å². The highest BCUT2D eigenvalue weighted by Gasteiger charge is 2.29. The van der Waals surface area contributed by atoms with Gasteiger partial charge < -0.3 is 10.1 Å². The standard InChI is InChI=1S/C19H30ClNO2/c1-12-9-15(10-13(2)16(12)20)23-14(3)17(22)21-19(7,8)11-18(4,5)6/h9-10,14H,11H2,1-8H3,(H,21,22)/t14-/m1/s1. The van der Waals surface area contributed by atoms with Crippen LogP contribution in [0.4, 0.5) is 0 Å². The van der Waals surface area contributed by atoms with Gasteiger partial charge in [0.25, 0.3) is 5.91 Å². The summed E-state index contributed by atoms with van der Waals surface area (Å²) in [5, 5.41) is 3.82. The fourth-order valence-electron chi connectivity index (χ4n) is 3.04. The summed E-state index contributed by atoms with van der Waals surface area (Å²) in [6.07, 6.45) is 0.326. The topological polar surface area (TPSA) is 38.3 Å². The molecule has 0 radical (unpaired) electrons. The molecule has 1 rings (SSSR count). The fraction of sp³-hybridized carbons (Fsp3) is 0.632. The predicted molar refractivity (Wildman–Crippen MR) is 97.3 cm³/mol. The zero-order chi connectivity index (χ0) is 18.0. The van der Waals surface area contributed by atoms with Gasteiger partial charge in [-0.15, -0.1) is 0 Å². The highest BCUT2D eigenvalue weighted by atomic mass is 35.5. The number of rotatable bonds is 5. The van der Waals surface area contributed by atoms with Crippen molar-refractivity contribution in [2.75, 3.05) is 0 Å². The molecule has 0 aliphatic rings. The van der Waals surface area contributed by atoms with Gasteiger partial charge in [-0.25, -0.2) is 0 Å². The van der Waals surface area contributed by atoms with Gasteiger partial charge in [-0.05, 0) is 69.7 Å². The van der Waals surface area contributed by atoms with Gasteiger partial charge >= 0.3 is 0 Å². The Balaban J connectivity index is 2.74. The summed E-state index contributed by atoms with van der Waals surface area (Å²) in [7, 11) is 0. The van der Waals surface area contributed by atoms with Gasteiger partial charge in [-0.3, -0.25) is 4.79 Å². The Morgan fingerprint density at radius 2 is 1.65 bits per heavy atom. The molecular formula is C19H30ClNO2. The van der Waals surface area contributed by atoms with Crippen molar-refractivity contribution < 1.29 is 9.53 Å². The Labute approximate surface area is 145 Å². The van der Waals surface area contributed by atoms with E-state index in [1.165, 1.54) is 0 Å². The van der Waals surface area contributed by atoms with E-state index in [0.717, 1.165) is 22.6 Å². The number of nitrogens with one attached hydrogen (secondary N) is 1. The molecule has 130 valence electrons. The highest BCUT2D eigenvalue weighted by Crippen LogP contribution is 2.28. The van der Waals surface area contributed by atoms with E-state index >= 15 is 0 Å². The normalized spacial score (nSPS) is 13.6. The molecule has 1 aromatic rings. The largest absolute Gasteiger partial charge is 0.481 e. The molecular weight excluding hydrogens is 310 g/mol. The van der Waals surface area contributed by atoms with E-state index in [0.29, 0.717) is 5.75 Å². The predicted octanol–water partition coefficient (Wildman–Crippen LogP) is 5.06. The van der Waals surface area contributed by atoms with Gasteiger partial charge in [-0.2, -0.15) is 0 Å². The van der Waals surface area contributed by atoms with Gasteiger partial charge in [0, 0.05) is 10.6 Å². The van der Waals surface area contributed by atoms with Crippen LogP contribution >= 0.6 is 11.6 Å². The maximum Gasteiger partial charge on any atom is 0.261 e. The summed E-state index contributed by atoms with van der Waals surface area (Å²) in [4.78, 5) is 12.4. The van der Waals surface area contributed by atoms with Crippen LogP contribution in [0.25, 0.3) is 0 Å². The number of benzene rings is 1. The average Bonchev–Trinajstić information content (AvgIpc) is 2.31. The van der Waals surface area contributed by atoms with Crippen LogP contribution in [0.1, 0.15) is 59.1 Å². The molecule has 0 saturated heterocycles. The van der Waals surface area contributed by atoms with E-state index in [1.54, 1.807) is 6.92 Å². The zero-order valence-corrected chi connectivity index (χ0v) is 16.4. The van der Waals surface area contributed by atoms with Crippen LogP contribution in [0.3, 0.4) is 0 Å². The van der Waals surface area contributed by atoms with Crippen molar-refractivity contribution >= 4 is 17.5 Å². The van der Waals surface area contributed by atoms with Gasteiger partial charge in [0.2, 0.25) is 0 Å². The van der Waals surface area contributed by atoms with E-state index in [2.05, 4.69) is 26.1 Å². The minimum atomic E-state index is -0.561. The number of aryl methyl sites for hydroxylation is 2. The number of hydrogen-bond acceptors (Lipinski definition) is 2. The van der Waals surface area contributed by atoms with Crippen LogP contribution in [-0.2, 0) is 4.79 Å². The van der Waals surface area contributed by atoms with Crippen LogP contribution in [-0.4, -0.2) is 17.6 Å². The van der Waals surface area contributed by atoms with Gasteiger partial charge in [-0.1, -0.05) is 32.4 Å². The van der Waals surface area contributed by atoms with Crippen molar-refractivity contribution in [1.29, 1.82) is 0 Å². The number of halogens is 1. The average molecular weight is 340 g/mol. The smallest absolute Gasteiger partial charge is 0.261 e. The first-order valence-corrected chi connectivity index (χ1v) is 8.44. The van der Waals surface area contributed by atoms with Crippen LogP contribution in [0.2, 0.25) is 5.02 Å². The Morgan fingerprint density at radius 1 is 1.17 bits per heavy atom. The van der Waals surface area contributed by atoms with Crippen molar-refractivity contribution in [3.8, 4) is 5.75 Å². The fourth-order valence-corrected chi connectivity index (χ4v) is 3.15. The van der Waals surface area contributed by atoms with Crippen molar-refractivity contribution in [1.82, 2.24) is 5.32 Å². The molecule has 0 saturated carbocycles. The highest BCUT2D eigenvalue weighted by molar-refractivity contribution is 6.32. The molecule has 1 atom stereocenters. The summed E-state index contributed by atoms with van der Waals surface area (Å²) in [6.45, 7) is 16.2. The first-order valence-electron chi connectivity index (χ1n) is 8.06. The number of hydrogen-bond donors (Lipinski definition) is 1. The first kappa shape index (κ1) is 19.8. The Morgan fingerprint density at radius 3 is 2.09 bits per heavy atom. The maximum absolute atomic E-state index is 12.4. The summed E-state index contributed by atoms with van der Waals surface area (Å²) >= 11 is 6.16. The third-order valence-corrected chi connectivity index (χ3v) is 4.12. The lowest BCUT2D eigenvalue weighted by molar-refractivity contribution is -0.129. The van der Waals surface area contributed by atoms with Crippen LogP contribution in [0.5, 0.6) is 5.75 Å². The second-order valence-electron chi connectivity index (χ2n) is 8.24. The summed E-state index contributed by atoms with van der Waals surface area (Å²) < 4.78 is 5.80. The quantitative estimate of drug-likeness (QED) is 0.814. The molecule has 0 heterocycles. The molecule has 3 nitrogen and oxygen atoms in total. The molecule has 1 N–H and O–H groups in total. The Bertz CT molecular complexity index is 550. The maximum atomic E-state index is 12.4. The molecule has 1 aromatic carbocycles. The molecule has 0 aliphatic heterocycles. The number of carbonyl (C=O) groups excluding carboxylic acids is 1. The monoisotopic (exact) mass is 339 g/mol. The minimum Gasteiger partial charge on any atom is -0.481 e. The lowest BCUT2D eigenvalue weighted by Crippen LogP contribution is -2.50. The molecule has 1 amide bonds. The second kappa shape index (κ2) is 7.12. The first-order chi connectivity index (χ1) is 10.3.